The van der Waals surface area contributed by atoms with Crippen LogP contribution >= 0.6 is 11.3 Å². The third-order valence-electron chi connectivity index (χ3n) is 4.39. The zero-order chi connectivity index (χ0) is 19.9. The molecule has 0 aliphatic rings. The fraction of sp³-hybridized carbons (Fsp3) is 0.400. The number of guanidine groups is 1. The summed E-state index contributed by atoms with van der Waals surface area (Å²) in [7, 11) is 1.78. The second-order valence-electron chi connectivity index (χ2n) is 6.42. The molecule has 0 unspecified atom stereocenters. The van der Waals surface area contributed by atoms with Crippen molar-refractivity contribution in [2.75, 3.05) is 13.6 Å². The molecule has 7 nitrogen and oxygen atoms in total. The summed E-state index contributed by atoms with van der Waals surface area (Å²) in [5.41, 5.74) is 3.27. The average molecular weight is 399 g/mol. The molecule has 2 aromatic heterocycles. The van der Waals surface area contributed by atoms with Crippen LogP contribution in [-0.4, -0.2) is 34.7 Å². The number of hydrogen-bond acceptors (Lipinski definition) is 6. The first-order valence-electron chi connectivity index (χ1n) is 9.38. The topological polar surface area (TPSA) is 88.2 Å². The maximum absolute atomic E-state index is 5.28. The Hall–Kier alpha value is -2.74. The Labute approximate surface area is 169 Å². The molecule has 3 rings (SSSR count). The van der Waals surface area contributed by atoms with Gasteiger partial charge >= 0.3 is 0 Å². The van der Waals surface area contributed by atoms with E-state index in [0.717, 1.165) is 47.4 Å². The first-order valence-corrected chi connectivity index (χ1v) is 10.2. The second kappa shape index (κ2) is 9.45. The fourth-order valence-corrected chi connectivity index (χ4v) is 3.52. The minimum atomic E-state index is 0.568. The van der Waals surface area contributed by atoms with E-state index in [-0.39, 0.29) is 0 Å². The van der Waals surface area contributed by atoms with Crippen LogP contribution in [0.2, 0.25) is 0 Å². The van der Waals surface area contributed by atoms with Crippen molar-refractivity contribution in [3.8, 4) is 11.5 Å². The van der Waals surface area contributed by atoms with Gasteiger partial charge in [0.2, 0.25) is 0 Å². The molecule has 28 heavy (non-hydrogen) atoms. The highest BCUT2D eigenvalue weighted by molar-refractivity contribution is 7.11. The molecule has 2 heterocycles. The quantitative estimate of drug-likeness (QED) is 0.469. The van der Waals surface area contributed by atoms with Gasteiger partial charge in [0.25, 0.3) is 5.89 Å². The molecule has 1 aromatic carbocycles. The summed E-state index contributed by atoms with van der Waals surface area (Å²) in [6.45, 7) is 7.60. The van der Waals surface area contributed by atoms with Crippen molar-refractivity contribution in [3.63, 3.8) is 0 Å². The Bertz CT molecular complexity index is 909. The van der Waals surface area contributed by atoms with Crippen molar-refractivity contribution in [2.45, 2.75) is 40.2 Å². The number of nitrogens with one attached hydrogen (secondary N) is 2. The summed E-state index contributed by atoms with van der Waals surface area (Å²) in [4.78, 5) is 14.4. The number of aliphatic imine (C=N–C) groups is 1. The molecule has 0 bridgehead atoms. The summed E-state index contributed by atoms with van der Waals surface area (Å²) >= 11 is 1.72. The highest BCUT2D eigenvalue weighted by Gasteiger charge is 2.08. The van der Waals surface area contributed by atoms with Crippen molar-refractivity contribution >= 4 is 17.3 Å². The normalized spacial score (nSPS) is 11.6. The number of nitrogens with zero attached hydrogens (tertiary/aromatic N) is 4. The lowest BCUT2D eigenvalue weighted by Gasteiger charge is -2.11. The van der Waals surface area contributed by atoms with Gasteiger partial charge in [-0.3, -0.25) is 4.99 Å². The monoisotopic (exact) mass is 398 g/mol. The van der Waals surface area contributed by atoms with Crippen LogP contribution in [-0.2, 0) is 19.4 Å². The molecule has 0 amide bonds. The summed E-state index contributed by atoms with van der Waals surface area (Å²) < 4.78 is 5.28. The minimum absolute atomic E-state index is 0.568. The fourth-order valence-electron chi connectivity index (χ4n) is 2.65. The molecular formula is C20H26N6OS. The summed E-state index contributed by atoms with van der Waals surface area (Å²) in [6.07, 6.45) is 1.66. The molecule has 2 N–H and O–H groups in total. The Morgan fingerprint density at radius 1 is 1.14 bits per heavy atom. The Morgan fingerprint density at radius 3 is 2.54 bits per heavy atom. The smallest absolute Gasteiger partial charge is 0.257 e. The van der Waals surface area contributed by atoms with E-state index in [2.05, 4.69) is 49.8 Å². The van der Waals surface area contributed by atoms with Crippen LogP contribution in [0.25, 0.3) is 11.5 Å². The van der Waals surface area contributed by atoms with Crippen molar-refractivity contribution in [2.24, 2.45) is 4.99 Å². The van der Waals surface area contributed by atoms with Gasteiger partial charge in [0.1, 0.15) is 5.01 Å². The number of benzene rings is 1. The van der Waals surface area contributed by atoms with Gasteiger partial charge in [-0.25, -0.2) is 4.98 Å². The van der Waals surface area contributed by atoms with Crippen molar-refractivity contribution in [1.82, 2.24) is 25.8 Å². The lowest BCUT2D eigenvalue weighted by Crippen LogP contribution is -2.37. The van der Waals surface area contributed by atoms with E-state index in [9.17, 15) is 0 Å². The molecule has 0 spiro atoms. The molecule has 0 saturated carbocycles. The van der Waals surface area contributed by atoms with Crippen molar-refractivity contribution in [3.05, 3.63) is 51.2 Å². The first kappa shape index (κ1) is 20.0. The van der Waals surface area contributed by atoms with Crippen LogP contribution in [0, 0.1) is 13.8 Å². The van der Waals surface area contributed by atoms with Crippen LogP contribution in [0.5, 0.6) is 0 Å². The zero-order valence-electron chi connectivity index (χ0n) is 16.7. The predicted octanol–water partition coefficient (Wildman–Crippen LogP) is 3.28. The van der Waals surface area contributed by atoms with Crippen LogP contribution < -0.4 is 10.6 Å². The van der Waals surface area contributed by atoms with E-state index < -0.39 is 0 Å². The van der Waals surface area contributed by atoms with Gasteiger partial charge in [-0.2, -0.15) is 4.98 Å². The Morgan fingerprint density at radius 2 is 1.93 bits per heavy atom. The van der Waals surface area contributed by atoms with Gasteiger partial charge in [0.05, 0.1) is 12.2 Å². The lowest BCUT2D eigenvalue weighted by molar-refractivity contribution is 0.423. The number of aryl methyl sites for hydroxylation is 3. The number of hydrogen-bond donors (Lipinski definition) is 2. The zero-order valence-corrected chi connectivity index (χ0v) is 17.6. The van der Waals surface area contributed by atoms with E-state index in [1.54, 1.807) is 18.4 Å². The molecule has 0 aliphatic heterocycles. The van der Waals surface area contributed by atoms with Crippen molar-refractivity contribution < 1.29 is 4.52 Å². The summed E-state index contributed by atoms with van der Waals surface area (Å²) in [6, 6.07) is 8.21. The standard InChI is InChI=1S/C20H26N6OS/c1-5-17-25-19(27-26-17)16-8-6-15(7-9-16)10-11-22-20(21-4)23-12-18-24-13(2)14(3)28-18/h6-9H,5,10-12H2,1-4H3,(H2,21,22,23). The SMILES string of the molecule is CCc1noc(-c2ccc(CCNC(=NC)NCc3nc(C)c(C)s3)cc2)n1. The largest absolute Gasteiger partial charge is 0.356 e. The van der Waals surface area contributed by atoms with Gasteiger partial charge in [-0.1, -0.05) is 24.2 Å². The molecule has 3 aromatic rings. The van der Waals surface area contributed by atoms with E-state index in [4.69, 9.17) is 4.52 Å². The van der Waals surface area contributed by atoms with E-state index in [1.165, 1.54) is 10.4 Å². The molecular weight excluding hydrogens is 372 g/mol. The first-order chi connectivity index (χ1) is 13.6. The molecule has 8 heteroatoms. The predicted molar refractivity (Wildman–Crippen MR) is 113 cm³/mol. The molecule has 148 valence electrons. The minimum Gasteiger partial charge on any atom is -0.356 e. The second-order valence-corrected chi connectivity index (χ2v) is 7.71. The van der Waals surface area contributed by atoms with Gasteiger partial charge in [-0.15, -0.1) is 11.3 Å². The summed E-state index contributed by atoms with van der Waals surface area (Å²) in [5, 5.41) is 11.7. The maximum Gasteiger partial charge on any atom is 0.257 e. The van der Waals surface area contributed by atoms with Crippen LogP contribution in [0.4, 0.5) is 0 Å². The molecule has 0 saturated heterocycles. The van der Waals surface area contributed by atoms with Gasteiger partial charge in [0, 0.05) is 30.5 Å². The van der Waals surface area contributed by atoms with Gasteiger partial charge < -0.3 is 15.2 Å². The number of rotatable bonds is 7. The van der Waals surface area contributed by atoms with Crippen LogP contribution in [0.1, 0.15) is 33.9 Å². The van der Waals surface area contributed by atoms with Crippen LogP contribution in [0.15, 0.2) is 33.8 Å². The Balaban J connectivity index is 1.46. The highest BCUT2D eigenvalue weighted by Crippen LogP contribution is 2.18. The molecule has 0 atom stereocenters. The van der Waals surface area contributed by atoms with E-state index >= 15 is 0 Å². The third-order valence-corrected chi connectivity index (χ3v) is 5.47. The van der Waals surface area contributed by atoms with Crippen molar-refractivity contribution in [1.29, 1.82) is 0 Å². The van der Waals surface area contributed by atoms with Gasteiger partial charge in [0.15, 0.2) is 11.8 Å². The number of thiazole rings is 1. The maximum atomic E-state index is 5.28. The summed E-state index contributed by atoms with van der Waals surface area (Å²) in [5.74, 6) is 2.07. The lowest BCUT2D eigenvalue weighted by atomic mass is 10.1. The van der Waals surface area contributed by atoms with Crippen LogP contribution in [0.3, 0.4) is 0 Å². The molecule has 0 radical (unpaired) electrons. The molecule has 0 fully saturated rings. The van der Waals surface area contributed by atoms with Gasteiger partial charge in [-0.05, 0) is 38.0 Å². The Kier molecular flexibility index (Phi) is 6.76. The van der Waals surface area contributed by atoms with E-state index in [1.807, 2.05) is 26.0 Å². The number of aromatic nitrogens is 3. The average Bonchev–Trinajstić information content (AvgIpc) is 3.31. The molecule has 0 aliphatic carbocycles. The highest BCUT2D eigenvalue weighted by atomic mass is 32.1. The van der Waals surface area contributed by atoms with E-state index in [0.29, 0.717) is 12.4 Å². The third kappa shape index (κ3) is 5.16.